The van der Waals surface area contributed by atoms with Gasteiger partial charge in [-0.2, -0.15) is 5.26 Å². The Morgan fingerprint density at radius 2 is 1.30 bits per heavy atom. The average Bonchev–Trinajstić information content (AvgIpc) is 2.47. The van der Waals surface area contributed by atoms with Crippen LogP contribution < -0.4 is 0 Å². The summed E-state index contributed by atoms with van der Waals surface area (Å²) in [5.74, 6) is 1.70. The van der Waals surface area contributed by atoms with Gasteiger partial charge in [0, 0.05) is 6.42 Å². The van der Waals surface area contributed by atoms with Crippen LogP contribution in [0.25, 0.3) is 0 Å². The van der Waals surface area contributed by atoms with Gasteiger partial charge < -0.3 is 0 Å². The van der Waals surface area contributed by atoms with Gasteiger partial charge in [0.2, 0.25) is 0 Å². The summed E-state index contributed by atoms with van der Waals surface area (Å²) in [6, 6.07) is 13.4. The maximum Gasteiger partial charge on any atom is 0.123 e. The topological polar surface area (TPSA) is 23.8 Å². The van der Waals surface area contributed by atoms with Crippen molar-refractivity contribution >= 4 is 0 Å². The van der Waals surface area contributed by atoms with E-state index in [1.807, 2.05) is 0 Å². The zero-order valence-corrected chi connectivity index (χ0v) is 10.6. The summed E-state index contributed by atoms with van der Waals surface area (Å²) in [7, 11) is 0. The lowest BCUT2D eigenvalue weighted by Crippen LogP contribution is -2.25. The van der Waals surface area contributed by atoms with Gasteiger partial charge in [0.15, 0.2) is 0 Å². The van der Waals surface area contributed by atoms with Crippen LogP contribution in [-0.4, -0.2) is 0 Å². The minimum absolute atomic E-state index is 0.126. The molecule has 0 aliphatic rings. The fraction of sp³-hybridized carbons (Fsp3) is 0.118. The molecule has 0 saturated heterocycles. The van der Waals surface area contributed by atoms with E-state index in [2.05, 4.69) is 12.0 Å². The summed E-state index contributed by atoms with van der Waals surface area (Å²) >= 11 is 0. The smallest absolute Gasteiger partial charge is 0.123 e. The van der Waals surface area contributed by atoms with E-state index in [1.54, 1.807) is 0 Å². The highest BCUT2D eigenvalue weighted by Crippen LogP contribution is 2.35. The van der Waals surface area contributed by atoms with Crippen LogP contribution >= 0.6 is 0 Å². The molecular formula is C17H11F2N. The molecule has 0 saturated carbocycles. The van der Waals surface area contributed by atoms with Gasteiger partial charge in [-0.3, -0.25) is 0 Å². The average molecular weight is 267 g/mol. The lowest BCUT2D eigenvalue weighted by Gasteiger charge is -2.25. The molecule has 0 radical (unpaired) electrons. The van der Waals surface area contributed by atoms with Crippen molar-refractivity contribution in [3.8, 4) is 18.4 Å². The molecule has 1 nitrogen and oxygen atoms in total. The molecule has 3 heteroatoms. The fourth-order valence-electron chi connectivity index (χ4n) is 2.16. The first-order valence-electron chi connectivity index (χ1n) is 5.99. The fourth-order valence-corrected chi connectivity index (χ4v) is 2.16. The van der Waals surface area contributed by atoms with E-state index in [4.69, 9.17) is 6.42 Å². The third-order valence-electron chi connectivity index (χ3n) is 3.23. The summed E-state index contributed by atoms with van der Waals surface area (Å²) in [5, 5.41) is 9.62. The van der Waals surface area contributed by atoms with Gasteiger partial charge in [0.25, 0.3) is 0 Å². The number of hydrogen-bond acceptors (Lipinski definition) is 1. The monoisotopic (exact) mass is 267 g/mol. The number of halogens is 2. The molecule has 0 aliphatic heterocycles. The summed E-state index contributed by atoms with van der Waals surface area (Å²) in [4.78, 5) is 0. The minimum Gasteiger partial charge on any atom is -0.207 e. The molecule has 0 atom stereocenters. The molecule has 0 bridgehead atoms. The number of benzene rings is 2. The molecule has 2 rings (SSSR count). The van der Waals surface area contributed by atoms with Crippen molar-refractivity contribution in [3.63, 3.8) is 0 Å². The van der Waals surface area contributed by atoms with E-state index >= 15 is 0 Å². The van der Waals surface area contributed by atoms with Gasteiger partial charge in [-0.1, -0.05) is 24.3 Å². The molecule has 0 unspecified atom stereocenters. The Bertz CT molecular complexity index is 627. The third-order valence-corrected chi connectivity index (χ3v) is 3.23. The number of hydrogen-bond donors (Lipinski definition) is 0. The second-order valence-electron chi connectivity index (χ2n) is 4.41. The first-order chi connectivity index (χ1) is 9.62. The van der Waals surface area contributed by atoms with Crippen LogP contribution in [0.4, 0.5) is 8.78 Å². The number of rotatable bonds is 3. The maximum absolute atomic E-state index is 13.0. The summed E-state index contributed by atoms with van der Waals surface area (Å²) < 4.78 is 26.1. The van der Waals surface area contributed by atoms with Crippen molar-refractivity contribution in [1.82, 2.24) is 0 Å². The Hall–Kier alpha value is -2.65. The molecule has 2 aromatic carbocycles. The van der Waals surface area contributed by atoms with Gasteiger partial charge in [-0.05, 0) is 35.4 Å². The Balaban J connectivity index is 2.62. The van der Waals surface area contributed by atoms with Crippen molar-refractivity contribution in [3.05, 3.63) is 71.3 Å². The quantitative estimate of drug-likeness (QED) is 0.776. The standard InChI is InChI=1S/C17H11F2N/c1-2-11-17(12-20,13-3-7-15(18)8-4-13)14-5-9-16(19)10-6-14/h1,3-10H,11H2. The molecule has 2 aromatic rings. The van der Waals surface area contributed by atoms with Gasteiger partial charge in [-0.25, -0.2) is 8.78 Å². The molecular weight excluding hydrogens is 256 g/mol. The van der Waals surface area contributed by atoms with E-state index in [0.717, 1.165) is 0 Å². The number of nitrogens with zero attached hydrogens (tertiary/aromatic N) is 1. The number of terminal acetylenes is 1. The van der Waals surface area contributed by atoms with E-state index in [-0.39, 0.29) is 18.1 Å². The Morgan fingerprint density at radius 1 is 0.900 bits per heavy atom. The second-order valence-corrected chi connectivity index (χ2v) is 4.41. The zero-order valence-electron chi connectivity index (χ0n) is 10.6. The predicted molar refractivity (Wildman–Crippen MR) is 72.6 cm³/mol. The lowest BCUT2D eigenvalue weighted by molar-refractivity contribution is 0.616. The van der Waals surface area contributed by atoms with Crippen molar-refractivity contribution in [1.29, 1.82) is 5.26 Å². The van der Waals surface area contributed by atoms with Crippen LogP contribution in [0, 0.1) is 35.3 Å². The Labute approximate surface area is 116 Å². The van der Waals surface area contributed by atoms with Gasteiger partial charge >= 0.3 is 0 Å². The summed E-state index contributed by atoms with van der Waals surface area (Å²) in [6.07, 6.45) is 5.50. The largest absolute Gasteiger partial charge is 0.207 e. The maximum atomic E-state index is 13.0. The van der Waals surface area contributed by atoms with Gasteiger partial charge in [-0.15, -0.1) is 12.3 Å². The van der Waals surface area contributed by atoms with Crippen molar-refractivity contribution in [2.24, 2.45) is 0 Å². The summed E-state index contributed by atoms with van der Waals surface area (Å²) in [5.41, 5.74) is 0.0767. The first kappa shape index (κ1) is 13.8. The van der Waals surface area contributed by atoms with Crippen molar-refractivity contribution in [2.45, 2.75) is 11.8 Å². The van der Waals surface area contributed by atoms with E-state index in [1.165, 1.54) is 48.5 Å². The van der Waals surface area contributed by atoms with Crippen LogP contribution in [0.1, 0.15) is 17.5 Å². The van der Waals surface area contributed by atoms with Crippen LogP contribution in [-0.2, 0) is 5.41 Å². The molecule has 0 fully saturated rings. The molecule has 20 heavy (non-hydrogen) atoms. The summed E-state index contributed by atoms with van der Waals surface area (Å²) in [6.45, 7) is 0. The molecule has 98 valence electrons. The zero-order chi connectivity index (χ0) is 14.6. The minimum atomic E-state index is -1.10. The lowest BCUT2D eigenvalue weighted by atomic mass is 9.73. The van der Waals surface area contributed by atoms with Crippen LogP contribution in [0.15, 0.2) is 48.5 Å². The van der Waals surface area contributed by atoms with E-state index in [0.29, 0.717) is 11.1 Å². The molecule has 0 heterocycles. The SMILES string of the molecule is C#CCC(C#N)(c1ccc(F)cc1)c1ccc(F)cc1. The van der Waals surface area contributed by atoms with Crippen molar-refractivity contribution in [2.75, 3.05) is 0 Å². The second kappa shape index (κ2) is 5.55. The third kappa shape index (κ3) is 2.39. The highest BCUT2D eigenvalue weighted by Gasteiger charge is 2.33. The molecule has 0 spiro atoms. The van der Waals surface area contributed by atoms with Gasteiger partial charge in [0.05, 0.1) is 6.07 Å². The Kier molecular flexibility index (Phi) is 3.82. The highest BCUT2D eigenvalue weighted by atomic mass is 19.1. The van der Waals surface area contributed by atoms with Crippen LogP contribution in [0.5, 0.6) is 0 Å². The van der Waals surface area contributed by atoms with E-state index in [9.17, 15) is 14.0 Å². The normalized spacial score (nSPS) is 10.6. The van der Waals surface area contributed by atoms with Crippen LogP contribution in [0.3, 0.4) is 0 Å². The highest BCUT2D eigenvalue weighted by molar-refractivity contribution is 5.47. The van der Waals surface area contributed by atoms with Crippen LogP contribution in [0.2, 0.25) is 0 Å². The van der Waals surface area contributed by atoms with Crippen molar-refractivity contribution < 1.29 is 8.78 Å². The number of nitriles is 1. The molecule has 0 N–H and O–H groups in total. The molecule has 0 aromatic heterocycles. The molecule has 0 amide bonds. The first-order valence-corrected chi connectivity index (χ1v) is 5.99. The van der Waals surface area contributed by atoms with E-state index < -0.39 is 5.41 Å². The molecule has 0 aliphatic carbocycles. The predicted octanol–water partition coefficient (Wildman–Crippen LogP) is 3.80. The Morgan fingerprint density at radius 3 is 1.60 bits per heavy atom. The van der Waals surface area contributed by atoms with Gasteiger partial charge in [0.1, 0.15) is 17.0 Å².